The second-order valence-electron chi connectivity index (χ2n) is 16.1. The van der Waals surface area contributed by atoms with Gasteiger partial charge in [-0.1, -0.05) is 161 Å². The first-order chi connectivity index (χ1) is 25.5. The van der Waals surface area contributed by atoms with Crippen LogP contribution in [0.25, 0.3) is 0 Å². The first kappa shape index (κ1) is 51.8. The lowest BCUT2D eigenvalue weighted by Gasteiger charge is -2.28. The van der Waals surface area contributed by atoms with Crippen LogP contribution in [0.1, 0.15) is 200 Å². The number of quaternary nitrogens is 1. The molecule has 0 aromatic carbocycles. The summed E-state index contributed by atoms with van der Waals surface area (Å²) in [7, 11) is 1.17. The van der Waals surface area contributed by atoms with Gasteiger partial charge >= 0.3 is 11.9 Å². The van der Waals surface area contributed by atoms with Crippen molar-refractivity contribution >= 4 is 19.8 Å². The van der Waals surface area contributed by atoms with Gasteiger partial charge in [0.25, 0.3) is 7.82 Å². The summed E-state index contributed by atoms with van der Waals surface area (Å²) in [4.78, 5) is 37.4. The summed E-state index contributed by atoms with van der Waals surface area (Å²) in [6.45, 7) is 4.22. The highest BCUT2D eigenvalue weighted by Gasteiger charge is 2.21. The maximum absolute atomic E-state index is 12.7. The summed E-state index contributed by atoms with van der Waals surface area (Å²) < 4.78 is 33.8. The fourth-order valence-corrected chi connectivity index (χ4v) is 6.79. The molecule has 0 aliphatic heterocycles. The van der Waals surface area contributed by atoms with Crippen LogP contribution < -0.4 is 4.89 Å². The van der Waals surface area contributed by atoms with Crippen LogP contribution in [0.3, 0.4) is 0 Å². The van der Waals surface area contributed by atoms with Crippen LogP contribution in [0, 0.1) is 0 Å². The number of phosphoric ester groups is 1. The molecule has 0 spiro atoms. The van der Waals surface area contributed by atoms with E-state index in [9.17, 15) is 19.0 Å². The Labute approximate surface area is 326 Å². The molecule has 0 fully saturated rings. The summed E-state index contributed by atoms with van der Waals surface area (Å²) in [6.07, 6.45) is 36.7. The highest BCUT2D eigenvalue weighted by atomic mass is 31.2. The summed E-state index contributed by atoms with van der Waals surface area (Å²) in [6, 6.07) is 0. The van der Waals surface area contributed by atoms with Crippen molar-refractivity contribution in [3.63, 3.8) is 0 Å². The molecule has 0 saturated carbocycles. The number of phosphoric acid groups is 1. The first-order valence-corrected chi connectivity index (χ1v) is 23.4. The summed E-state index contributed by atoms with van der Waals surface area (Å²) in [5.74, 6) is -0.831. The molecule has 0 aliphatic rings. The molecule has 0 amide bonds. The molecule has 0 bridgehead atoms. The zero-order valence-electron chi connectivity index (χ0n) is 35.2. The lowest BCUT2D eigenvalue weighted by Crippen LogP contribution is -2.37. The first-order valence-electron chi connectivity index (χ1n) is 21.9. The van der Waals surface area contributed by atoms with Crippen molar-refractivity contribution in [2.45, 2.75) is 206 Å². The number of unbranched alkanes of at least 4 members (excludes halogenated alkanes) is 24. The Bertz CT molecular complexity index is 922. The van der Waals surface area contributed by atoms with Crippen molar-refractivity contribution in [1.29, 1.82) is 0 Å². The molecule has 0 N–H and O–H groups in total. The minimum absolute atomic E-state index is 0.0282. The SMILES string of the molecule is CCCCCCCC/C=C\CCCCCCCCCCCC(=O)OC(COC(=O)CCCCCCCCCCCC)COP(=O)([O-])OCC[N+](C)(C)C. The molecular weight excluding hydrogens is 689 g/mol. The van der Waals surface area contributed by atoms with E-state index in [1.807, 2.05) is 21.1 Å². The molecule has 0 aliphatic carbocycles. The van der Waals surface area contributed by atoms with Crippen LogP contribution in [-0.2, 0) is 32.7 Å². The summed E-state index contributed by atoms with van der Waals surface area (Å²) in [5, 5.41) is 0. The highest BCUT2D eigenvalue weighted by Crippen LogP contribution is 2.38. The van der Waals surface area contributed by atoms with Crippen molar-refractivity contribution in [1.82, 2.24) is 0 Å². The van der Waals surface area contributed by atoms with Crippen LogP contribution in [0.15, 0.2) is 12.2 Å². The van der Waals surface area contributed by atoms with Crippen LogP contribution in [0.4, 0.5) is 0 Å². The number of allylic oxidation sites excluding steroid dienone is 2. The zero-order valence-corrected chi connectivity index (χ0v) is 36.1. The number of esters is 2. The second-order valence-corrected chi connectivity index (χ2v) is 17.5. The monoisotopic (exact) mass is 774 g/mol. The Balaban J connectivity index is 4.29. The van der Waals surface area contributed by atoms with E-state index in [0.29, 0.717) is 17.4 Å². The molecular formula is C43H84NO8P. The van der Waals surface area contributed by atoms with E-state index in [0.717, 1.165) is 38.5 Å². The van der Waals surface area contributed by atoms with Gasteiger partial charge in [-0.15, -0.1) is 0 Å². The Kier molecular flexibility index (Phi) is 35.5. The van der Waals surface area contributed by atoms with Gasteiger partial charge in [0, 0.05) is 12.8 Å². The van der Waals surface area contributed by atoms with E-state index in [2.05, 4.69) is 26.0 Å². The number of hydrogen-bond donors (Lipinski definition) is 0. The van der Waals surface area contributed by atoms with Crippen molar-refractivity contribution < 1.29 is 42.1 Å². The standard InChI is InChI=1S/C43H84NO8P/c1-6-8-10-12-14-16-18-19-20-21-22-23-24-25-26-28-30-32-34-36-43(46)52-41(40-51-53(47,48)50-38-37-44(3,4)5)39-49-42(45)35-33-31-29-27-17-15-13-11-9-7-2/h19-20,41H,6-18,21-40H2,1-5H3/b20-19-. The Hall–Kier alpha value is -1.25. The molecule has 0 rings (SSSR count). The smallest absolute Gasteiger partial charge is 0.306 e. The number of hydrogen-bond acceptors (Lipinski definition) is 8. The predicted octanol–water partition coefficient (Wildman–Crippen LogP) is 11.6. The molecule has 2 atom stereocenters. The molecule has 9 nitrogen and oxygen atoms in total. The highest BCUT2D eigenvalue weighted by molar-refractivity contribution is 7.45. The predicted molar refractivity (Wildman–Crippen MR) is 218 cm³/mol. The van der Waals surface area contributed by atoms with Crippen LogP contribution in [0.5, 0.6) is 0 Å². The number of likely N-dealkylation sites (N-methyl/N-ethyl adjacent to an activating group) is 1. The topological polar surface area (TPSA) is 111 Å². The number of carbonyl (C=O) groups excluding carboxylic acids is 2. The normalized spacial score (nSPS) is 13.7. The number of carbonyl (C=O) groups is 2. The maximum Gasteiger partial charge on any atom is 0.306 e. The van der Waals surface area contributed by atoms with Gasteiger partial charge in [0.2, 0.25) is 0 Å². The van der Waals surface area contributed by atoms with Crippen molar-refractivity contribution in [3.8, 4) is 0 Å². The van der Waals surface area contributed by atoms with Crippen LogP contribution in [-0.4, -0.2) is 70.0 Å². The molecule has 10 heteroatoms. The molecule has 0 aromatic heterocycles. The van der Waals surface area contributed by atoms with Gasteiger partial charge < -0.3 is 27.9 Å². The lowest BCUT2D eigenvalue weighted by atomic mass is 10.1. The van der Waals surface area contributed by atoms with Gasteiger partial charge in [-0.3, -0.25) is 14.2 Å². The minimum Gasteiger partial charge on any atom is -0.756 e. The fraction of sp³-hybridized carbons (Fsp3) is 0.907. The number of rotatable bonds is 40. The Morgan fingerprint density at radius 1 is 0.566 bits per heavy atom. The average molecular weight is 774 g/mol. The van der Waals surface area contributed by atoms with Crippen LogP contribution >= 0.6 is 7.82 Å². The molecule has 0 heterocycles. The zero-order chi connectivity index (χ0) is 39.3. The second kappa shape index (κ2) is 36.4. The van der Waals surface area contributed by atoms with Gasteiger partial charge in [0.15, 0.2) is 6.10 Å². The van der Waals surface area contributed by atoms with Gasteiger partial charge in [-0.2, -0.15) is 0 Å². The third-order valence-corrected chi connectivity index (χ3v) is 10.5. The maximum atomic E-state index is 12.7. The third-order valence-electron chi connectivity index (χ3n) is 9.54. The van der Waals surface area contributed by atoms with Crippen molar-refractivity contribution in [2.24, 2.45) is 0 Å². The van der Waals surface area contributed by atoms with E-state index in [-0.39, 0.29) is 32.0 Å². The quantitative estimate of drug-likeness (QED) is 0.0199. The van der Waals surface area contributed by atoms with E-state index < -0.39 is 26.5 Å². The van der Waals surface area contributed by atoms with E-state index in [1.165, 1.54) is 128 Å². The van der Waals surface area contributed by atoms with Gasteiger partial charge in [-0.05, 0) is 38.5 Å². The van der Waals surface area contributed by atoms with E-state index in [4.69, 9.17) is 18.5 Å². The largest absolute Gasteiger partial charge is 0.756 e. The van der Waals surface area contributed by atoms with Crippen molar-refractivity contribution in [2.75, 3.05) is 47.5 Å². The van der Waals surface area contributed by atoms with Gasteiger partial charge in [0.05, 0.1) is 27.7 Å². The third kappa shape index (κ3) is 40.2. The summed E-state index contributed by atoms with van der Waals surface area (Å²) in [5.41, 5.74) is 0. The average Bonchev–Trinajstić information content (AvgIpc) is 3.10. The molecule has 2 unspecified atom stereocenters. The van der Waals surface area contributed by atoms with E-state index in [1.54, 1.807) is 0 Å². The number of ether oxygens (including phenoxy) is 2. The fourth-order valence-electron chi connectivity index (χ4n) is 6.06. The minimum atomic E-state index is -4.62. The molecule has 314 valence electrons. The molecule has 0 radical (unpaired) electrons. The number of nitrogens with zero attached hydrogens (tertiary/aromatic N) is 1. The van der Waals surface area contributed by atoms with E-state index >= 15 is 0 Å². The molecule has 53 heavy (non-hydrogen) atoms. The molecule has 0 aromatic rings. The van der Waals surface area contributed by atoms with Crippen molar-refractivity contribution in [3.05, 3.63) is 12.2 Å². The summed E-state index contributed by atoms with van der Waals surface area (Å²) >= 11 is 0. The van der Waals surface area contributed by atoms with Gasteiger partial charge in [0.1, 0.15) is 19.8 Å². The van der Waals surface area contributed by atoms with Gasteiger partial charge in [-0.25, -0.2) is 0 Å². The molecule has 0 saturated heterocycles. The van der Waals surface area contributed by atoms with Crippen LogP contribution in [0.2, 0.25) is 0 Å². The Morgan fingerprint density at radius 3 is 1.40 bits per heavy atom. The lowest BCUT2D eigenvalue weighted by molar-refractivity contribution is -0.870. The Morgan fingerprint density at radius 2 is 0.962 bits per heavy atom.